The van der Waals surface area contributed by atoms with E-state index in [0.717, 1.165) is 12.0 Å². The van der Waals surface area contributed by atoms with Crippen molar-refractivity contribution in [3.8, 4) is 0 Å². The number of rotatable bonds is 1. The van der Waals surface area contributed by atoms with Gasteiger partial charge in [-0.1, -0.05) is 32.4 Å². The first kappa shape index (κ1) is 16.1. The Balaban J connectivity index is 1.83. The number of ether oxygens (including phenoxy) is 2. The van der Waals surface area contributed by atoms with Crippen molar-refractivity contribution in [2.75, 3.05) is 0 Å². The Labute approximate surface area is 143 Å². The van der Waals surface area contributed by atoms with E-state index in [1.165, 1.54) is 0 Å². The number of allylic oxidation sites excluding steroid dienone is 2. The largest absolute Gasteiger partial charge is 0.455 e. The zero-order valence-electron chi connectivity index (χ0n) is 15.1. The summed E-state index contributed by atoms with van der Waals surface area (Å²) in [5, 5.41) is 0. The van der Waals surface area contributed by atoms with Crippen LogP contribution in [-0.4, -0.2) is 30.1 Å². The lowest BCUT2D eigenvalue weighted by molar-refractivity contribution is -0.147. The van der Waals surface area contributed by atoms with Crippen molar-refractivity contribution in [3.05, 3.63) is 23.8 Å². The molecular weight excluding hydrogens is 304 g/mol. The van der Waals surface area contributed by atoms with Gasteiger partial charge in [0, 0.05) is 17.3 Å². The van der Waals surface area contributed by atoms with Crippen LogP contribution in [0.15, 0.2) is 23.8 Å². The molecule has 0 aromatic carbocycles. The molecule has 7 atom stereocenters. The molecule has 2 heterocycles. The maximum absolute atomic E-state index is 13.1. The number of fused-ring (bicyclic) bond motifs is 7. The highest BCUT2D eigenvalue weighted by molar-refractivity contribution is 5.94. The van der Waals surface area contributed by atoms with Crippen molar-refractivity contribution in [2.24, 2.45) is 28.6 Å². The molecule has 4 nitrogen and oxygen atoms in total. The van der Waals surface area contributed by atoms with Crippen molar-refractivity contribution >= 4 is 11.8 Å². The fraction of sp³-hybridized carbons (Fsp3) is 0.700. The number of hydrogen-bond donors (Lipinski definition) is 0. The van der Waals surface area contributed by atoms with Crippen LogP contribution in [0.1, 0.15) is 41.0 Å². The highest BCUT2D eigenvalue weighted by Crippen LogP contribution is 2.67. The van der Waals surface area contributed by atoms with Crippen LogP contribution in [0.3, 0.4) is 0 Å². The summed E-state index contributed by atoms with van der Waals surface area (Å²) >= 11 is 0. The number of Topliss-reactive ketones (excluding diaryl/α,β-unsaturated/α-hetero) is 1. The van der Waals surface area contributed by atoms with Gasteiger partial charge < -0.3 is 9.47 Å². The van der Waals surface area contributed by atoms with Crippen LogP contribution in [0.5, 0.6) is 0 Å². The van der Waals surface area contributed by atoms with Gasteiger partial charge in [-0.15, -0.1) is 6.58 Å². The van der Waals surface area contributed by atoms with Gasteiger partial charge in [-0.25, -0.2) is 4.79 Å². The SMILES string of the molecule is C=C[C@H]1C(C)(C)C(=O)[C@H]2C[C@]1(C)[C@@H]1[C@H]2O[C@H]2C(=C(C)C)C(=O)O[C@@H]12. The second-order valence-corrected chi connectivity index (χ2v) is 8.95. The lowest BCUT2D eigenvalue weighted by Crippen LogP contribution is -2.50. The minimum Gasteiger partial charge on any atom is -0.455 e. The van der Waals surface area contributed by atoms with Crippen molar-refractivity contribution in [3.63, 3.8) is 0 Å². The number of carbonyl (C=O) groups excluding carboxylic acids is 2. The van der Waals surface area contributed by atoms with Gasteiger partial charge >= 0.3 is 5.97 Å². The summed E-state index contributed by atoms with van der Waals surface area (Å²) in [6, 6.07) is 0. The monoisotopic (exact) mass is 330 g/mol. The number of carbonyl (C=O) groups is 2. The summed E-state index contributed by atoms with van der Waals surface area (Å²) in [5.41, 5.74) is 1.00. The van der Waals surface area contributed by atoms with Crippen LogP contribution in [0, 0.1) is 28.6 Å². The van der Waals surface area contributed by atoms with Gasteiger partial charge in [0.25, 0.3) is 0 Å². The number of hydrogen-bond acceptors (Lipinski definition) is 4. The first-order valence-corrected chi connectivity index (χ1v) is 8.85. The molecule has 0 aromatic rings. The lowest BCUT2D eigenvalue weighted by Gasteiger charge is -2.48. The highest BCUT2D eigenvalue weighted by Gasteiger charge is 2.72. The molecule has 24 heavy (non-hydrogen) atoms. The zero-order chi connectivity index (χ0) is 17.6. The van der Waals surface area contributed by atoms with Gasteiger partial charge in [0.2, 0.25) is 0 Å². The molecule has 4 rings (SSSR count). The number of ketones is 1. The van der Waals surface area contributed by atoms with E-state index >= 15 is 0 Å². The summed E-state index contributed by atoms with van der Waals surface area (Å²) in [6.45, 7) is 14.1. The van der Waals surface area contributed by atoms with Crippen molar-refractivity contribution in [1.82, 2.24) is 0 Å². The van der Waals surface area contributed by atoms with Gasteiger partial charge in [-0.2, -0.15) is 0 Å². The second-order valence-electron chi connectivity index (χ2n) is 8.95. The van der Waals surface area contributed by atoms with Crippen LogP contribution in [0.25, 0.3) is 0 Å². The maximum Gasteiger partial charge on any atom is 0.337 e. The van der Waals surface area contributed by atoms with Crippen LogP contribution >= 0.6 is 0 Å². The van der Waals surface area contributed by atoms with E-state index in [1.807, 2.05) is 33.8 Å². The molecule has 2 bridgehead atoms. The normalized spacial score (nSPS) is 48.1. The topological polar surface area (TPSA) is 52.6 Å². The minimum absolute atomic E-state index is 0.0561. The third-order valence-corrected chi connectivity index (χ3v) is 7.11. The lowest BCUT2D eigenvalue weighted by atomic mass is 9.54. The van der Waals surface area contributed by atoms with E-state index in [2.05, 4.69) is 13.5 Å². The van der Waals surface area contributed by atoms with Crippen molar-refractivity contribution in [1.29, 1.82) is 0 Å². The third-order valence-electron chi connectivity index (χ3n) is 7.11. The average Bonchev–Trinajstić information content (AvgIpc) is 3.04. The fourth-order valence-corrected chi connectivity index (χ4v) is 6.28. The van der Waals surface area contributed by atoms with Gasteiger partial charge in [0.15, 0.2) is 0 Å². The molecule has 2 aliphatic heterocycles. The molecule has 130 valence electrons. The molecule has 4 aliphatic rings. The molecule has 2 saturated carbocycles. The molecule has 0 unspecified atom stereocenters. The highest BCUT2D eigenvalue weighted by atomic mass is 16.6. The standard InChI is InChI=1S/C20H26O4/c1-7-11-19(4,5)17(21)10-8-20(11,6)13-14(10)23-15-12(9(2)3)18(22)24-16(13)15/h7,10-11,13-16H,1,8H2,2-6H3/t10-,11-,13+,14-,15-,16-,20-/m0/s1. The fourth-order valence-electron chi connectivity index (χ4n) is 6.28. The maximum atomic E-state index is 13.1. The zero-order valence-corrected chi connectivity index (χ0v) is 15.1. The summed E-state index contributed by atoms with van der Waals surface area (Å²) < 4.78 is 12.1. The molecule has 2 saturated heterocycles. The predicted molar refractivity (Wildman–Crippen MR) is 89.1 cm³/mol. The molecular formula is C20H26O4. The smallest absolute Gasteiger partial charge is 0.337 e. The Bertz CT molecular complexity index is 684. The van der Waals surface area contributed by atoms with Crippen LogP contribution in [0.2, 0.25) is 0 Å². The van der Waals surface area contributed by atoms with Crippen LogP contribution in [-0.2, 0) is 19.1 Å². The molecule has 4 heteroatoms. The molecule has 0 N–H and O–H groups in total. The van der Waals surface area contributed by atoms with Crippen molar-refractivity contribution in [2.45, 2.75) is 59.4 Å². The Hall–Kier alpha value is -1.42. The Morgan fingerprint density at radius 3 is 2.46 bits per heavy atom. The Morgan fingerprint density at radius 1 is 1.21 bits per heavy atom. The molecule has 0 aromatic heterocycles. The first-order valence-electron chi connectivity index (χ1n) is 8.85. The minimum atomic E-state index is -0.454. The number of esters is 1. The Morgan fingerprint density at radius 2 is 1.88 bits per heavy atom. The van der Waals surface area contributed by atoms with Crippen LogP contribution in [0.4, 0.5) is 0 Å². The average molecular weight is 330 g/mol. The molecule has 2 aliphatic carbocycles. The second kappa shape index (κ2) is 4.60. The molecule has 0 spiro atoms. The Kier molecular flexibility index (Phi) is 3.08. The van der Waals surface area contributed by atoms with E-state index in [1.54, 1.807) is 0 Å². The van der Waals surface area contributed by atoms with E-state index in [0.29, 0.717) is 5.57 Å². The first-order chi connectivity index (χ1) is 11.1. The van der Waals surface area contributed by atoms with E-state index < -0.39 is 5.41 Å². The quantitative estimate of drug-likeness (QED) is 0.421. The summed E-state index contributed by atoms with van der Waals surface area (Å²) in [5.74, 6) is 0.0214. The van der Waals surface area contributed by atoms with E-state index in [4.69, 9.17) is 9.47 Å². The van der Waals surface area contributed by atoms with Gasteiger partial charge in [-0.3, -0.25) is 4.79 Å². The van der Waals surface area contributed by atoms with Gasteiger partial charge in [0.05, 0.1) is 11.7 Å². The molecule has 0 amide bonds. The molecule has 0 radical (unpaired) electrons. The van der Waals surface area contributed by atoms with Gasteiger partial charge in [-0.05, 0) is 31.6 Å². The summed E-state index contributed by atoms with van der Waals surface area (Å²) in [6.07, 6.45) is 1.99. The van der Waals surface area contributed by atoms with Crippen molar-refractivity contribution < 1.29 is 19.1 Å². The summed E-state index contributed by atoms with van der Waals surface area (Å²) in [7, 11) is 0. The molecule has 4 fully saturated rings. The third kappa shape index (κ3) is 1.63. The van der Waals surface area contributed by atoms with Crippen LogP contribution < -0.4 is 0 Å². The predicted octanol–water partition coefficient (Wildman–Crippen LogP) is 3.07. The van der Waals surface area contributed by atoms with E-state index in [-0.39, 0.29) is 53.2 Å². The van der Waals surface area contributed by atoms with E-state index in [9.17, 15) is 9.59 Å². The van der Waals surface area contributed by atoms with Gasteiger partial charge in [0.1, 0.15) is 18.0 Å². The summed E-state index contributed by atoms with van der Waals surface area (Å²) in [4.78, 5) is 25.4.